The van der Waals surface area contributed by atoms with Crippen LogP contribution in [0.15, 0.2) is 11.0 Å². The molecule has 0 unspecified atom stereocenters. The molecule has 126 valence electrons. The third-order valence-corrected chi connectivity index (χ3v) is 6.94. The van der Waals surface area contributed by atoms with Gasteiger partial charge in [-0.25, -0.2) is 13.4 Å². The van der Waals surface area contributed by atoms with E-state index in [-0.39, 0.29) is 23.1 Å². The molecule has 0 spiro atoms. The summed E-state index contributed by atoms with van der Waals surface area (Å²) >= 11 is 0. The first kappa shape index (κ1) is 16.2. The van der Waals surface area contributed by atoms with Gasteiger partial charge in [0.05, 0.1) is 17.2 Å². The highest BCUT2D eigenvalue weighted by Crippen LogP contribution is 2.24. The predicted octanol–water partition coefficient (Wildman–Crippen LogP) is 1.19. The van der Waals surface area contributed by atoms with Gasteiger partial charge in [0.25, 0.3) is 5.56 Å². The predicted molar refractivity (Wildman–Crippen MR) is 88.2 cm³/mol. The molecule has 0 aromatic carbocycles. The number of fused-ring (bicyclic) bond motifs is 1. The molecule has 0 amide bonds. The van der Waals surface area contributed by atoms with Gasteiger partial charge in [-0.2, -0.15) is 5.10 Å². The Morgan fingerprint density at radius 3 is 2.65 bits per heavy atom. The number of nitrogens with zero attached hydrogens (tertiary/aromatic N) is 4. The Kier molecular flexibility index (Phi) is 4.27. The van der Waals surface area contributed by atoms with Crippen LogP contribution in [0.25, 0.3) is 11.0 Å². The largest absolute Gasteiger partial charge is 0.295 e. The molecular weight excluding hydrogens is 316 g/mol. The van der Waals surface area contributed by atoms with E-state index in [4.69, 9.17) is 0 Å². The van der Waals surface area contributed by atoms with Gasteiger partial charge >= 0.3 is 0 Å². The summed E-state index contributed by atoms with van der Waals surface area (Å²) in [4.78, 5) is 16.9. The summed E-state index contributed by atoms with van der Waals surface area (Å²) in [5, 5.41) is 4.22. The Morgan fingerprint density at radius 2 is 1.96 bits per heavy atom. The summed E-state index contributed by atoms with van der Waals surface area (Å²) < 4.78 is 28.0. The zero-order valence-electron chi connectivity index (χ0n) is 13.5. The number of aryl methyl sites for hydroxylation is 2. The maximum Gasteiger partial charge on any atom is 0.264 e. The maximum atomic E-state index is 12.5. The minimum atomic E-state index is -3.17. The molecule has 0 radical (unpaired) electrons. The van der Waals surface area contributed by atoms with Crippen LogP contribution in [0.1, 0.15) is 37.9 Å². The van der Waals surface area contributed by atoms with Crippen molar-refractivity contribution in [2.24, 2.45) is 7.05 Å². The summed E-state index contributed by atoms with van der Waals surface area (Å²) in [6.07, 6.45) is 6.05. The Labute approximate surface area is 135 Å². The van der Waals surface area contributed by atoms with Gasteiger partial charge < -0.3 is 0 Å². The number of rotatable bonds is 4. The highest BCUT2D eigenvalue weighted by molar-refractivity contribution is 7.92. The molecule has 0 N–H and O–H groups in total. The molecule has 0 atom stereocenters. The summed E-state index contributed by atoms with van der Waals surface area (Å²) in [6.45, 7) is 1.88. The van der Waals surface area contributed by atoms with E-state index in [1.165, 1.54) is 10.8 Å². The second-order valence-corrected chi connectivity index (χ2v) is 8.65. The molecule has 1 fully saturated rings. The molecule has 7 nitrogen and oxygen atoms in total. The fourth-order valence-electron chi connectivity index (χ4n) is 3.29. The number of aromatic nitrogens is 4. The third kappa shape index (κ3) is 3.04. The van der Waals surface area contributed by atoms with E-state index in [2.05, 4.69) is 10.1 Å². The second-order valence-electron chi connectivity index (χ2n) is 6.25. The second kappa shape index (κ2) is 6.07. The molecular formula is C15H22N4O3S. The van der Waals surface area contributed by atoms with Crippen LogP contribution in [0.2, 0.25) is 0 Å². The monoisotopic (exact) mass is 338 g/mol. The minimum absolute atomic E-state index is 0.00807. The highest BCUT2D eigenvalue weighted by Gasteiger charge is 2.27. The summed E-state index contributed by atoms with van der Waals surface area (Å²) in [5.74, 6) is 0.510. The summed E-state index contributed by atoms with van der Waals surface area (Å²) in [7, 11) is -1.44. The molecule has 1 aliphatic carbocycles. The van der Waals surface area contributed by atoms with E-state index in [1.54, 1.807) is 18.7 Å². The molecule has 3 rings (SSSR count). The van der Waals surface area contributed by atoms with Gasteiger partial charge in [-0.15, -0.1) is 0 Å². The Bertz CT molecular complexity index is 876. The molecule has 2 aromatic rings. The Hall–Kier alpha value is -1.70. The topological polar surface area (TPSA) is 86.8 Å². The SMILES string of the molecule is Cc1nc2c(cnn2C)c(=O)n1CCS(=O)(=O)C1CCCCC1. The fourth-order valence-corrected chi connectivity index (χ4v) is 5.12. The number of sulfone groups is 1. The first-order valence-electron chi connectivity index (χ1n) is 8.01. The van der Waals surface area contributed by atoms with Crippen LogP contribution in [-0.2, 0) is 23.4 Å². The lowest BCUT2D eigenvalue weighted by molar-refractivity contribution is 0.481. The fraction of sp³-hybridized carbons (Fsp3) is 0.667. The number of hydrogen-bond donors (Lipinski definition) is 0. The average molecular weight is 338 g/mol. The van der Waals surface area contributed by atoms with Crippen LogP contribution in [0.4, 0.5) is 0 Å². The first-order valence-corrected chi connectivity index (χ1v) is 9.72. The molecule has 1 saturated carbocycles. The van der Waals surface area contributed by atoms with Crippen molar-refractivity contribution in [1.29, 1.82) is 0 Å². The van der Waals surface area contributed by atoms with Crippen molar-refractivity contribution >= 4 is 20.9 Å². The maximum absolute atomic E-state index is 12.5. The third-order valence-electron chi connectivity index (χ3n) is 4.70. The van der Waals surface area contributed by atoms with Crippen molar-refractivity contribution in [3.8, 4) is 0 Å². The number of hydrogen-bond acceptors (Lipinski definition) is 5. The molecule has 8 heteroatoms. The van der Waals surface area contributed by atoms with Crippen LogP contribution in [0.5, 0.6) is 0 Å². The van der Waals surface area contributed by atoms with E-state index in [9.17, 15) is 13.2 Å². The van der Waals surface area contributed by atoms with Gasteiger partial charge in [-0.05, 0) is 19.8 Å². The van der Waals surface area contributed by atoms with Gasteiger partial charge in [-0.3, -0.25) is 14.0 Å². The van der Waals surface area contributed by atoms with Crippen molar-refractivity contribution in [1.82, 2.24) is 19.3 Å². The molecule has 0 saturated heterocycles. The van der Waals surface area contributed by atoms with Gasteiger partial charge in [0, 0.05) is 13.6 Å². The van der Waals surface area contributed by atoms with Gasteiger partial charge in [-0.1, -0.05) is 19.3 Å². The zero-order valence-corrected chi connectivity index (χ0v) is 14.3. The van der Waals surface area contributed by atoms with Crippen molar-refractivity contribution in [2.45, 2.75) is 50.8 Å². The standard InChI is InChI=1S/C15H22N4O3S/c1-11-17-14-13(10-16-18(14)2)15(20)19(11)8-9-23(21,22)12-6-4-3-5-7-12/h10,12H,3-9H2,1-2H3. The van der Waals surface area contributed by atoms with Crippen LogP contribution in [-0.4, -0.2) is 38.8 Å². The first-order chi connectivity index (χ1) is 10.9. The van der Waals surface area contributed by atoms with Crippen LogP contribution >= 0.6 is 0 Å². The lowest BCUT2D eigenvalue weighted by Gasteiger charge is -2.22. The van der Waals surface area contributed by atoms with Gasteiger partial charge in [0.1, 0.15) is 11.2 Å². The molecule has 1 aliphatic rings. The molecule has 2 aromatic heterocycles. The van der Waals surface area contributed by atoms with E-state index in [0.29, 0.717) is 16.9 Å². The Balaban J connectivity index is 1.86. The van der Waals surface area contributed by atoms with E-state index >= 15 is 0 Å². The highest BCUT2D eigenvalue weighted by atomic mass is 32.2. The molecule has 23 heavy (non-hydrogen) atoms. The minimum Gasteiger partial charge on any atom is -0.295 e. The van der Waals surface area contributed by atoms with Crippen LogP contribution in [0.3, 0.4) is 0 Å². The van der Waals surface area contributed by atoms with Crippen molar-refractivity contribution < 1.29 is 8.42 Å². The lowest BCUT2D eigenvalue weighted by Crippen LogP contribution is -2.32. The molecule has 0 aliphatic heterocycles. The zero-order chi connectivity index (χ0) is 16.6. The van der Waals surface area contributed by atoms with Gasteiger partial charge in [0.2, 0.25) is 0 Å². The summed E-state index contributed by atoms with van der Waals surface area (Å²) in [5.41, 5.74) is 0.304. The smallest absolute Gasteiger partial charge is 0.264 e. The van der Waals surface area contributed by atoms with E-state index in [1.807, 2.05) is 0 Å². The van der Waals surface area contributed by atoms with E-state index in [0.717, 1.165) is 32.1 Å². The Morgan fingerprint density at radius 1 is 1.26 bits per heavy atom. The normalized spacial score (nSPS) is 17.0. The molecule has 2 heterocycles. The van der Waals surface area contributed by atoms with Crippen molar-refractivity contribution in [3.63, 3.8) is 0 Å². The average Bonchev–Trinajstić information content (AvgIpc) is 2.89. The van der Waals surface area contributed by atoms with Crippen LogP contribution in [0, 0.1) is 6.92 Å². The molecule has 0 bridgehead atoms. The van der Waals surface area contributed by atoms with Gasteiger partial charge in [0.15, 0.2) is 15.5 Å². The van der Waals surface area contributed by atoms with Crippen molar-refractivity contribution in [3.05, 3.63) is 22.4 Å². The van der Waals surface area contributed by atoms with Crippen LogP contribution < -0.4 is 5.56 Å². The quantitative estimate of drug-likeness (QED) is 0.835. The lowest BCUT2D eigenvalue weighted by atomic mass is 10.0. The van der Waals surface area contributed by atoms with E-state index < -0.39 is 9.84 Å². The van der Waals surface area contributed by atoms with Crippen molar-refractivity contribution in [2.75, 3.05) is 5.75 Å². The summed E-state index contributed by atoms with van der Waals surface area (Å²) in [6, 6.07) is 0.